The van der Waals surface area contributed by atoms with E-state index in [4.69, 9.17) is 9.47 Å². The van der Waals surface area contributed by atoms with Gasteiger partial charge >= 0.3 is 0 Å². The van der Waals surface area contributed by atoms with E-state index in [2.05, 4.69) is 4.57 Å². The van der Waals surface area contributed by atoms with E-state index in [1.54, 1.807) is 19.2 Å². The van der Waals surface area contributed by atoms with E-state index in [1.165, 1.54) is 12.1 Å². The molecule has 1 spiro atoms. The number of aromatic nitrogens is 1. The number of likely N-dealkylation sites (tertiary alicyclic amines) is 1. The molecular weight excluding hydrogens is 383 g/mol. The third-order valence-electron chi connectivity index (χ3n) is 6.21. The highest BCUT2D eigenvalue weighted by atomic mass is 19.1. The van der Waals surface area contributed by atoms with Crippen LogP contribution in [0.15, 0.2) is 54.7 Å². The maximum Gasteiger partial charge on any atom is 0.257 e. The largest absolute Gasteiger partial charge is 0.496 e. The fraction of sp³-hybridized carbons (Fsp3) is 0.292. The number of rotatable bonds is 2. The second-order valence-corrected chi connectivity index (χ2v) is 7.92. The number of ether oxygens (including phenoxy) is 2. The predicted molar refractivity (Wildman–Crippen MR) is 111 cm³/mol. The van der Waals surface area contributed by atoms with Gasteiger partial charge in [0.25, 0.3) is 5.91 Å². The van der Waals surface area contributed by atoms with Crippen molar-refractivity contribution < 1.29 is 18.7 Å². The highest BCUT2D eigenvalue weighted by Crippen LogP contribution is 2.45. The van der Waals surface area contributed by atoms with E-state index < -0.39 is 5.60 Å². The van der Waals surface area contributed by atoms with Crippen LogP contribution >= 0.6 is 0 Å². The number of nitrogens with zero attached hydrogens (tertiary/aromatic N) is 2. The van der Waals surface area contributed by atoms with Crippen molar-refractivity contribution in [3.05, 3.63) is 77.4 Å². The van der Waals surface area contributed by atoms with Crippen LogP contribution in [0.25, 0.3) is 5.69 Å². The maximum atomic E-state index is 13.9. The zero-order chi connectivity index (χ0) is 20.9. The van der Waals surface area contributed by atoms with Crippen molar-refractivity contribution in [3.63, 3.8) is 0 Å². The van der Waals surface area contributed by atoms with E-state index in [-0.39, 0.29) is 11.7 Å². The van der Waals surface area contributed by atoms with Crippen LogP contribution in [0, 0.1) is 12.7 Å². The van der Waals surface area contributed by atoms with Crippen LogP contribution in [-0.4, -0.2) is 35.6 Å². The molecule has 5 nitrogen and oxygen atoms in total. The lowest BCUT2D eigenvalue weighted by Crippen LogP contribution is -2.50. The van der Waals surface area contributed by atoms with Crippen LogP contribution in [0.4, 0.5) is 4.39 Å². The molecule has 30 heavy (non-hydrogen) atoms. The van der Waals surface area contributed by atoms with E-state index >= 15 is 0 Å². The molecule has 0 bridgehead atoms. The summed E-state index contributed by atoms with van der Waals surface area (Å²) >= 11 is 0. The number of fused-ring (bicyclic) bond motifs is 4. The van der Waals surface area contributed by atoms with Gasteiger partial charge in [-0.25, -0.2) is 4.39 Å². The minimum atomic E-state index is -0.572. The Hall–Kier alpha value is -3.28. The lowest BCUT2D eigenvalue weighted by molar-refractivity contribution is -0.00956. The number of hydrogen-bond acceptors (Lipinski definition) is 3. The average Bonchev–Trinajstić information content (AvgIpc) is 3.25. The lowest BCUT2D eigenvalue weighted by atomic mass is 9.86. The van der Waals surface area contributed by atoms with E-state index in [1.807, 2.05) is 42.3 Å². The molecule has 1 saturated heterocycles. The van der Waals surface area contributed by atoms with Crippen molar-refractivity contribution in [2.75, 3.05) is 20.2 Å². The van der Waals surface area contributed by atoms with Crippen LogP contribution in [-0.2, 0) is 5.60 Å². The Balaban J connectivity index is 1.43. The number of halogens is 1. The second kappa shape index (κ2) is 6.90. The quantitative estimate of drug-likeness (QED) is 0.631. The van der Waals surface area contributed by atoms with Crippen LogP contribution in [0.2, 0.25) is 0 Å². The number of carbonyl (C=O) groups excluding carboxylic acids is 1. The fourth-order valence-corrected chi connectivity index (χ4v) is 4.69. The molecule has 0 unspecified atom stereocenters. The Labute approximate surface area is 174 Å². The zero-order valence-corrected chi connectivity index (χ0v) is 17.0. The number of hydrogen-bond donors (Lipinski definition) is 0. The van der Waals surface area contributed by atoms with Crippen LogP contribution < -0.4 is 9.47 Å². The normalized spacial score (nSPS) is 16.6. The first kappa shape index (κ1) is 18.7. The Kier molecular flexibility index (Phi) is 4.31. The summed E-state index contributed by atoms with van der Waals surface area (Å²) in [6.07, 6.45) is 3.24. The van der Waals surface area contributed by atoms with Crippen molar-refractivity contribution in [1.82, 2.24) is 9.47 Å². The van der Waals surface area contributed by atoms with Crippen molar-refractivity contribution in [2.45, 2.75) is 25.4 Å². The van der Waals surface area contributed by atoms with Crippen molar-refractivity contribution in [3.8, 4) is 17.2 Å². The summed E-state index contributed by atoms with van der Waals surface area (Å²) in [5.74, 6) is 0.801. The Morgan fingerprint density at radius 3 is 2.70 bits per heavy atom. The molecule has 6 heteroatoms. The van der Waals surface area contributed by atoms with Crippen molar-refractivity contribution >= 4 is 5.91 Å². The average molecular weight is 406 g/mol. The van der Waals surface area contributed by atoms with Crippen molar-refractivity contribution in [2.24, 2.45) is 0 Å². The van der Waals surface area contributed by atoms with Gasteiger partial charge in [0.15, 0.2) is 5.60 Å². The molecule has 3 heterocycles. The van der Waals surface area contributed by atoms with E-state index in [0.29, 0.717) is 43.0 Å². The maximum absolute atomic E-state index is 13.9. The number of aryl methyl sites for hydroxylation is 1. The molecule has 1 fully saturated rings. The molecule has 0 aliphatic carbocycles. The Morgan fingerprint density at radius 1 is 1.13 bits per heavy atom. The molecule has 0 N–H and O–H groups in total. The molecule has 2 aromatic carbocycles. The summed E-state index contributed by atoms with van der Waals surface area (Å²) in [6, 6.07) is 14.3. The van der Waals surface area contributed by atoms with Gasteiger partial charge in [-0.05, 0) is 42.8 Å². The zero-order valence-electron chi connectivity index (χ0n) is 17.0. The van der Waals surface area contributed by atoms with E-state index in [9.17, 15) is 9.18 Å². The summed E-state index contributed by atoms with van der Waals surface area (Å²) in [7, 11) is 1.59. The van der Waals surface area contributed by atoms with Crippen molar-refractivity contribution in [1.29, 1.82) is 0 Å². The SMILES string of the molecule is COc1c(C)cccc1C(=O)N1CCC2(CC1)Oc1cc(F)ccc1-n1cccc12. The molecule has 5 rings (SSSR count). The Bertz CT molecular complexity index is 1130. The monoisotopic (exact) mass is 406 g/mol. The smallest absolute Gasteiger partial charge is 0.257 e. The number of piperidine rings is 1. The van der Waals surface area contributed by atoms with Gasteiger partial charge in [-0.1, -0.05) is 12.1 Å². The number of amides is 1. The minimum Gasteiger partial charge on any atom is -0.496 e. The third-order valence-corrected chi connectivity index (χ3v) is 6.21. The van der Waals surface area contributed by atoms with Gasteiger partial charge in [0.05, 0.1) is 24.1 Å². The molecule has 1 aromatic heterocycles. The molecule has 2 aliphatic heterocycles. The molecule has 0 atom stereocenters. The van der Waals surface area contributed by atoms with Gasteiger partial charge in [0, 0.05) is 38.2 Å². The van der Waals surface area contributed by atoms with Gasteiger partial charge in [-0.3, -0.25) is 4.79 Å². The molecule has 2 aliphatic rings. The summed E-state index contributed by atoms with van der Waals surface area (Å²) in [6.45, 7) is 3.03. The Morgan fingerprint density at radius 2 is 1.93 bits per heavy atom. The molecule has 154 valence electrons. The number of carbonyl (C=O) groups is 1. The second-order valence-electron chi connectivity index (χ2n) is 7.92. The summed E-state index contributed by atoms with van der Waals surface area (Å²) in [5, 5.41) is 0. The summed E-state index contributed by atoms with van der Waals surface area (Å²) in [5.41, 5.74) is 2.82. The van der Waals surface area contributed by atoms with E-state index in [0.717, 1.165) is 16.9 Å². The third kappa shape index (κ3) is 2.78. The molecule has 0 saturated carbocycles. The molecular formula is C24H23FN2O3. The molecule has 0 radical (unpaired) electrons. The van der Waals surface area contributed by atoms with Gasteiger partial charge in [0.1, 0.15) is 17.3 Å². The minimum absolute atomic E-state index is 0.0389. The van der Waals surface area contributed by atoms with Gasteiger partial charge in [0.2, 0.25) is 0 Å². The topological polar surface area (TPSA) is 43.7 Å². The predicted octanol–water partition coefficient (Wildman–Crippen LogP) is 4.46. The number of benzene rings is 2. The first-order chi connectivity index (χ1) is 14.5. The van der Waals surface area contributed by atoms with Gasteiger partial charge in [-0.2, -0.15) is 0 Å². The number of methoxy groups -OCH3 is 1. The highest BCUT2D eigenvalue weighted by molar-refractivity contribution is 5.97. The lowest BCUT2D eigenvalue weighted by Gasteiger charge is -2.45. The molecule has 3 aromatic rings. The fourth-order valence-electron chi connectivity index (χ4n) is 4.69. The van der Waals surface area contributed by atoms with Gasteiger partial charge in [-0.15, -0.1) is 0 Å². The van der Waals surface area contributed by atoms with Gasteiger partial charge < -0.3 is 18.9 Å². The summed E-state index contributed by atoms with van der Waals surface area (Å²) < 4.78 is 27.8. The number of para-hydroxylation sites is 1. The van der Waals surface area contributed by atoms with Crippen LogP contribution in [0.3, 0.4) is 0 Å². The first-order valence-corrected chi connectivity index (χ1v) is 10.1. The van der Waals surface area contributed by atoms with Crippen LogP contribution in [0.5, 0.6) is 11.5 Å². The standard InChI is InChI=1S/C24H23FN2O3/c1-16-5-3-6-18(22(16)29-2)23(28)26-13-10-24(11-14-26)21-7-4-12-27(21)19-9-8-17(25)15-20(19)30-24/h3-9,12,15H,10-11,13-14H2,1-2H3. The first-order valence-electron chi connectivity index (χ1n) is 10.1. The molecule has 1 amide bonds. The highest BCUT2D eigenvalue weighted by Gasteiger charge is 2.45. The summed E-state index contributed by atoms with van der Waals surface area (Å²) in [4.78, 5) is 15.0. The van der Waals surface area contributed by atoms with Crippen LogP contribution in [0.1, 0.15) is 34.5 Å².